The molecule has 1 aromatic rings. The van der Waals surface area contributed by atoms with Crippen LogP contribution in [-0.4, -0.2) is 25.5 Å². The van der Waals surface area contributed by atoms with Crippen molar-refractivity contribution in [3.63, 3.8) is 0 Å². The maximum absolute atomic E-state index is 13.3. The van der Waals surface area contributed by atoms with E-state index >= 15 is 0 Å². The molecule has 1 saturated heterocycles. The van der Waals surface area contributed by atoms with Crippen molar-refractivity contribution >= 4 is 0 Å². The van der Waals surface area contributed by atoms with Crippen LogP contribution in [-0.2, 0) is 9.47 Å². The molecule has 1 aliphatic heterocycles. The molecule has 1 fully saturated rings. The molecule has 2 nitrogen and oxygen atoms in total. The van der Waals surface area contributed by atoms with Gasteiger partial charge in [-0.15, -0.1) is 0 Å². The highest BCUT2D eigenvalue weighted by Gasteiger charge is 2.44. The summed E-state index contributed by atoms with van der Waals surface area (Å²) >= 11 is 0. The number of halogens is 6. The first-order valence-corrected chi connectivity index (χ1v) is 5.23. The summed E-state index contributed by atoms with van der Waals surface area (Å²) in [5.74, 6) is -4.65. The van der Waals surface area contributed by atoms with E-state index in [-0.39, 0.29) is 18.7 Å². The van der Waals surface area contributed by atoms with Crippen molar-refractivity contribution in [2.24, 2.45) is 0 Å². The Kier molecular flexibility index (Phi) is 3.73. The van der Waals surface area contributed by atoms with Crippen molar-refractivity contribution in [3.8, 4) is 0 Å². The molecule has 2 atom stereocenters. The molecular weight excluding hydrogens is 278 g/mol. The summed E-state index contributed by atoms with van der Waals surface area (Å²) in [4.78, 5) is 0. The van der Waals surface area contributed by atoms with E-state index in [2.05, 4.69) is 9.47 Å². The highest BCUT2D eigenvalue weighted by Crippen LogP contribution is 2.38. The van der Waals surface area contributed by atoms with Gasteiger partial charge in [0.15, 0.2) is 17.7 Å². The molecule has 0 saturated carbocycles. The van der Waals surface area contributed by atoms with Gasteiger partial charge >= 0.3 is 6.18 Å². The van der Waals surface area contributed by atoms with Crippen LogP contribution < -0.4 is 0 Å². The van der Waals surface area contributed by atoms with E-state index in [4.69, 9.17) is 0 Å². The molecule has 8 heteroatoms. The second-order valence-corrected chi connectivity index (χ2v) is 4.00. The average molecular weight is 286 g/mol. The Morgan fingerprint density at radius 2 is 1.74 bits per heavy atom. The predicted molar refractivity (Wildman–Crippen MR) is 50.8 cm³/mol. The maximum Gasteiger partial charge on any atom is 0.418 e. The van der Waals surface area contributed by atoms with Gasteiger partial charge in [0.05, 0.1) is 13.2 Å². The second-order valence-electron chi connectivity index (χ2n) is 4.00. The third-order valence-electron chi connectivity index (χ3n) is 2.47. The van der Waals surface area contributed by atoms with Crippen molar-refractivity contribution in [3.05, 3.63) is 35.1 Å². The van der Waals surface area contributed by atoms with Gasteiger partial charge in [0.25, 0.3) is 0 Å². The van der Waals surface area contributed by atoms with Crippen LogP contribution in [0.3, 0.4) is 0 Å². The van der Waals surface area contributed by atoms with Crippen LogP contribution in [0.15, 0.2) is 12.1 Å². The molecule has 0 aliphatic carbocycles. The van der Waals surface area contributed by atoms with E-state index in [9.17, 15) is 26.3 Å². The van der Waals surface area contributed by atoms with Crippen LogP contribution >= 0.6 is 0 Å². The lowest BCUT2D eigenvalue weighted by Gasteiger charge is -2.21. The standard InChI is InChI=1S/C11H8F6O2/c12-7-2-9(14)8(13)1-6(7)10(11(15,16)17)19-4-5-3-18-5/h1-2,5,10H,3-4H2/t5-,10-/m0/s1. The molecule has 1 aliphatic rings. The minimum absolute atomic E-state index is 0.0559. The van der Waals surface area contributed by atoms with Gasteiger partial charge in [-0.05, 0) is 6.07 Å². The summed E-state index contributed by atoms with van der Waals surface area (Å²) < 4.78 is 86.3. The number of rotatable bonds is 4. The molecule has 19 heavy (non-hydrogen) atoms. The van der Waals surface area contributed by atoms with Gasteiger partial charge in [0, 0.05) is 11.6 Å². The molecule has 0 bridgehead atoms. The fourth-order valence-corrected chi connectivity index (χ4v) is 1.47. The van der Waals surface area contributed by atoms with Crippen LogP contribution in [0.2, 0.25) is 0 Å². The zero-order valence-electron chi connectivity index (χ0n) is 9.31. The smallest absolute Gasteiger partial charge is 0.371 e. The van der Waals surface area contributed by atoms with Crippen LogP contribution in [0.25, 0.3) is 0 Å². The van der Waals surface area contributed by atoms with Crippen LogP contribution in [0, 0.1) is 17.5 Å². The van der Waals surface area contributed by atoms with Crippen molar-refractivity contribution < 1.29 is 35.8 Å². The Bertz CT molecular complexity index is 469. The Labute approximate surface area is 103 Å². The van der Waals surface area contributed by atoms with Gasteiger partial charge in [0.2, 0.25) is 0 Å². The fraction of sp³-hybridized carbons (Fsp3) is 0.455. The molecule has 106 valence electrons. The Balaban J connectivity index is 2.28. The van der Waals surface area contributed by atoms with E-state index in [1.54, 1.807) is 0 Å². The summed E-state index contributed by atoms with van der Waals surface area (Å²) in [5, 5.41) is 0. The van der Waals surface area contributed by atoms with Crippen molar-refractivity contribution in [2.75, 3.05) is 13.2 Å². The maximum atomic E-state index is 13.3. The van der Waals surface area contributed by atoms with Crippen molar-refractivity contribution in [1.29, 1.82) is 0 Å². The predicted octanol–water partition coefficient (Wildman–Crippen LogP) is 3.12. The van der Waals surface area contributed by atoms with Crippen LogP contribution in [0.4, 0.5) is 26.3 Å². The van der Waals surface area contributed by atoms with Crippen LogP contribution in [0.1, 0.15) is 11.7 Å². The van der Waals surface area contributed by atoms with Gasteiger partial charge in [-0.2, -0.15) is 13.2 Å². The Morgan fingerprint density at radius 1 is 1.16 bits per heavy atom. The van der Waals surface area contributed by atoms with Gasteiger partial charge in [-0.1, -0.05) is 0 Å². The Hall–Kier alpha value is -1.28. The topological polar surface area (TPSA) is 21.8 Å². The summed E-state index contributed by atoms with van der Waals surface area (Å²) in [6.07, 6.45) is -8.08. The molecule has 0 aromatic heterocycles. The SMILES string of the molecule is Fc1cc(F)c([C@H](OC[C@@H]2CO2)C(F)(F)F)cc1F. The third-order valence-corrected chi connectivity index (χ3v) is 2.47. The molecular formula is C11H8F6O2. The van der Waals surface area contributed by atoms with E-state index in [1.165, 1.54) is 0 Å². The number of benzene rings is 1. The normalized spacial score (nSPS) is 20.4. The molecule has 1 aromatic carbocycles. The van der Waals surface area contributed by atoms with Gasteiger partial charge in [0.1, 0.15) is 11.9 Å². The lowest BCUT2D eigenvalue weighted by Crippen LogP contribution is -2.26. The number of hydrogen-bond acceptors (Lipinski definition) is 2. The fourth-order valence-electron chi connectivity index (χ4n) is 1.47. The number of alkyl halides is 3. The van der Waals surface area contributed by atoms with Crippen LogP contribution in [0.5, 0.6) is 0 Å². The summed E-state index contributed by atoms with van der Waals surface area (Å²) in [7, 11) is 0. The lowest BCUT2D eigenvalue weighted by atomic mass is 10.1. The first-order chi connectivity index (χ1) is 8.79. The molecule has 0 unspecified atom stereocenters. The zero-order valence-corrected chi connectivity index (χ0v) is 9.31. The monoisotopic (exact) mass is 286 g/mol. The van der Waals surface area contributed by atoms with Gasteiger partial charge in [-0.25, -0.2) is 13.2 Å². The lowest BCUT2D eigenvalue weighted by molar-refractivity contribution is -0.225. The van der Waals surface area contributed by atoms with E-state index in [0.29, 0.717) is 0 Å². The van der Waals surface area contributed by atoms with Crippen molar-refractivity contribution in [1.82, 2.24) is 0 Å². The molecule has 1 heterocycles. The third kappa shape index (κ3) is 3.38. The molecule has 0 N–H and O–H groups in total. The minimum atomic E-state index is -4.94. The number of hydrogen-bond donors (Lipinski definition) is 0. The number of ether oxygens (including phenoxy) is 2. The van der Waals surface area contributed by atoms with Gasteiger partial charge < -0.3 is 9.47 Å². The van der Waals surface area contributed by atoms with Gasteiger partial charge in [-0.3, -0.25) is 0 Å². The van der Waals surface area contributed by atoms with E-state index in [1.807, 2.05) is 0 Å². The minimum Gasteiger partial charge on any atom is -0.371 e. The molecule has 2 rings (SSSR count). The highest BCUT2D eigenvalue weighted by molar-refractivity contribution is 5.23. The van der Waals surface area contributed by atoms with E-state index in [0.717, 1.165) is 0 Å². The second kappa shape index (κ2) is 5.01. The average Bonchev–Trinajstić information content (AvgIpc) is 3.07. The van der Waals surface area contributed by atoms with Crippen molar-refractivity contribution in [2.45, 2.75) is 18.4 Å². The van der Waals surface area contributed by atoms with E-state index < -0.39 is 48.0 Å². The highest BCUT2D eigenvalue weighted by atomic mass is 19.4. The largest absolute Gasteiger partial charge is 0.418 e. The summed E-state index contributed by atoms with van der Waals surface area (Å²) in [6, 6.07) is 0.205. The first kappa shape index (κ1) is 14.1. The molecule has 0 spiro atoms. The summed E-state index contributed by atoms with van der Waals surface area (Å²) in [6.45, 7) is -0.145. The Morgan fingerprint density at radius 3 is 2.26 bits per heavy atom. The number of epoxide rings is 1. The quantitative estimate of drug-likeness (QED) is 0.482. The summed E-state index contributed by atoms with van der Waals surface area (Å²) in [5.41, 5.74) is -1.09. The molecule has 0 amide bonds. The molecule has 0 radical (unpaired) electrons. The first-order valence-electron chi connectivity index (χ1n) is 5.23. The zero-order chi connectivity index (χ0) is 14.2.